The first-order valence-electron chi connectivity index (χ1n) is 20.5. The zero-order valence-electron chi connectivity index (χ0n) is 35.9. The van der Waals surface area contributed by atoms with Gasteiger partial charge in [0.1, 0.15) is 24.4 Å². The topological polar surface area (TPSA) is 288 Å². The number of carboxylic acids is 1. The molecule has 21 nitrogen and oxygen atoms in total. The highest BCUT2D eigenvalue weighted by Gasteiger charge is 2.55. The number of alkyl carbamates (subject to hydrolysis) is 2. The second-order valence-corrected chi connectivity index (χ2v) is 15.6. The third-order valence-corrected chi connectivity index (χ3v) is 8.96. The Labute approximate surface area is 366 Å². The number of aliphatic hydroxyl groups is 3. The van der Waals surface area contributed by atoms with Crippen molar-refractivity contribution < 1.29 is 82.3 Å². The van der Waals surface area contributed by atoms with Gasteiger partial charge in [-0.15, -0.1) is 0 Å². The predicted molar refractivity (Wildman–Crippen MR) is 221 cm³/mol. The van der Waals surface area contributed by atoms with Crippen LogP contribution in [0.4, 0.5) is 9.59 Å². The van der Waals surface area contributed by atoms with Crippen LogP contribution < -0.4 is 21.3 Å². The smallest absolute Gasteiger partial charge is 0.407 e. The van der Waals surface area contributed by atoms with Crippen LogP contribution in [0.2, 0.25) is 5.02 Å². The normalized spacial score (nSPS) is 19.8. The molecule has 1 aliphatic rings. The van der Waals surface area contributed by atoms with Crippen molar-refractivity contribution in [1.29, 1.82) is 0 Å². The van der Waals surface area contributed by atoms with E-state index in [0.717, 1.165) is 6.92 Å². The molecule has 22 heteroatoms. The fourth-order valence-electron chi connectivity index (χ4n) is 5.77. The summed E-state index contributed by atoms with van der Waals surface area (Å²) in [6.07, 6.45) is -6.34. The van der Waals surface area contributed by atoms with Gasteiger partial charge in [-0.2, -0.15) is 0 Å². The largest absolute Gasteiger partial charge is 0.477 e. The van der Waals surface area contributed by atoms with Gasteiger partial charge < -0.3 is 79.6 Å². The highest BCUT2D eigenvalue weighted by Crippen LogP contribution is 2.34. The summed E-state index contributed by atoms with van der Waals surface area (Å²) < 4.78 is 43.2. The molecule has 1 fully saturated rings. The lowest BCUT2D eigenvalue weighted by Gasteiger charge is -2.46. The molecule has 2 rings (SSSR count). The van der Waals surface area contributed by atoms with Gasteiger partial charge in [0.2, 0.25) is 5.91 Å². The Bertz CT molecular complexity index is 1500. The van der Waals surface area contributed by atoms with Crippen molar-refractivity contribution in [2.24, 2.45) is 0 Å². The maximum atomic E-state index is 12.5. The Balaban J connectivity index is 1.56. The number of hydrogen-bond donors (Lipinski definition) is 8. The van der Waals surface area contributed by atoms with Crippen molar-refractivity contribution >= 4 is 41.6 Å². The molecule has 0 aliphatic carbocycles. The van der Waals surface area contributed by atoms with Gasteiger partial charge in [-0.05, 0) is 51.8 Å². The molecule has 0 saturated carbocycles. The summed E-state index contributed by atoms with van der Waals surface area (Å²) in [6.45, 7) is 9.26. The van der Waals surface area contributed by atoms with Crippen LogP contribution in [-0.2, 0) is 47.5 Å². The number of nitrogens with one attached hydrogen (secondary N) is 4. The average molecular weight is 909 g/mol. The van der Waals surface area contributed by atoms with Gasteiger partial charge in [-0.25, -0.2) is 14.4 Å². The van der Waals surface area contributed by atoms with Crippen molar-refractivity contribution in [2.45, 2.75) is 102 Å². The zero-order valence-corrected chi connectivity index (χ0v) is 36.7. The number of hydrogen-bond acceptors (Lipinski definition) is 16. The van der Waals surface area contributed by atoms with E-state index in [0.29, 0.717) is 90.0 Å². The second kappa shape index (κ2) is 29.5. The lowest BCUT2D eigenvalue weighted by Crippen LogP contribution is -2.68. The van der Waals surface area contributed by atoms with Crippen molar-refractivity contribution in [3.8, 4) is 0 Å². The number of carboxylic acid groups (broad SMARTS) is 1. The Morgan fingerprint density at radius 2 is 1.42 bits per heavy atom. The van der Waals surface area contributed by atoms with Crippen molar-refractivity contribution in [2.75, 3.05) is 85.7 Å². The monoisotopic (exact) mass is 908 g/mol. The van der Waals surface area contributed by atoms with E-state index in [1.807, 2.05) is 0 Å². The van der Waals surface area contributed by atoms with Gasteiger partial charge >= 0.3 is 18.2 Å². The molecule has 354 valence electrons. The van der Waals surface area contributed by atoms with E-state index < -0.39 is 84.8 Å². The molecule has 0 spiro atoms. The summed E-state index contributed by atoms with van der Waals surface area (Å²) >= 11 is 5.93. The number of carbonyl (C=O) groups is 5. The molecular formula is C40H65ClN4O17. The highest BCUT2D eigenvalue weighted by atomic mass is 35.5. The van der Waals surface area contributed by atoms with Crippen LogP contribution >= 0.6 is 11.6 Å². The Morgan fingerprint density at radius 1 is 0.823 bits per heavy atom. The van der Waals surface area contributed by atoms with E-state index in [2.05, 4.69) is 21.3 Å². The molecule has 8 N–H and O–H groups in total. The molecule has 0 aromatic heterocycles. The number of aliphatic carboxylic acids is 1. The third-order valence-electron chi connectivity index (χ3n) is 8.73. The van der Waals surface area contributed by atoms with Crippen LogP contribution in [0.15, 0.2) is 24.3 Å². The number of carbonyl (C=O) groups excluding carboxylic acids is 4. The fraction of sp³-hybridized carbons (Fsp3) is 0.725. The van der Waals surface area contributed by atoms with Gasteiger partial charge in [0.05, 0.1) is 77.7 Å². The number of amides is 4. The van der Waals surface area contributed by atoms with Gasteiger partial charge in [-0.1, -0.05) is 30.5 Å². The van der Waals surface area contributed by atoms with Crippen molar-refractivity contribution in [3.63, 3.8) is 0 Å². The fourth-order valence-corrected chi connectivity index (χ4v) is 5.96. The van der Waals surface area contributed by atoms with E-state index in [1.165, 1.54) is 12.1 Å². The first-order chi connectivity index (χ1) is 29.4. The molecule has 62 heavy (non-hydrogen) atoms. The maximum Gasteiger partial charge on any atom is 0.407 e. The van der Waals surface area contributed by atoms with E-state index in [-0.39, 0.29) is 25.4 Å². The number of rotatable bonds is 30. The Morgan fingerprint density at radius 3 is 2.02 bits per heavy atom. The number of aliphatic hydroxyl groups excluding tert-OH is 3. The quantitative estimate of drug-likeness (QED) is 0.0502. The number of benzene rings is 1. The van der Waals surface area contributed by atoms with E-state index in [9.17, 15) is 44.4 Å². The van der Waals surface area contributed by atoms with Gasteiger partial charge in [0, 0.05) is 43.6 Å². The molecule has 1 heterocycles. The Hall–Kier alpha value is -3.90. The second-order valence-electron chi connectivity index (χ2n) is 15.1. The molecular weight excluding hydrogens is 844 g/mol. The van der Waals surface area contributed by atoms with Crippen LogP contribution in [0, 0.1) is 0 Å². The minimum Gasteiger partial charge on any atom is -0.477 e. The van der Waals surface area contributed by atoms with Crippen LogP contribution in [0.5, 0.6) is 0 Å². The molecule has 1 saturated heterocycles. The standard InChI is InChI=1S/C40H65ClN4O17/c1-27(46)45-32-30(47)25-40(36(51)52,61-34(32)33(49)31(48)26-44-35(50)28-10-9-11-29(41)24-28)60-14-8-6-5-7-12-42-37(53)59-23-22-58-21-20-57-19-18-56-17-16-55-15-13-43-38(54)62-39(2,3)4/h9-11,24,30-34,47-49H,5-8,12-23,25-26H2,1-4H3,(H,42,53)(H,43,54)(H,44,50)(H,45,46)(H,51,52)/t30-,31+,32+,33+,34+,40+/m0/s1. The van der Waals surface area contributed by atoms with Crippen molar-refractivity contribution in [1.82, 2.24) is 21.3 Å². The van der Waals surface area contributed by atoms with E-state index >= 15 is 0 Å². The van der Waals surface area contributed by atoms with Gasteiger partial charge in [0.25, 0.3) is 11.7 Å². The minimum absolute atomic E-state index is 0.0463. The molecule has 1 aliphatic heterocycles. The van der Waals surface area contributed by atoms with Crippen LogP contribution in [0.3, 0.4) is 0 Å². The lowest BCUT2D eigenvalue weighted by molar-refractivity contribution is -0.310. The maximum absolute atomic E-state index is 12.5. The molecule has 4 amide bonds. The molecule has 0 unspecified atom stereocenters. The molecule has 0 bridgehead atoms. The lowest BCUT2D eigenvalue weighted by atomic mass is 9.88. The summed E-state index contributed by atoms with van der Waals surface area (Å²) in [7, 11) is 0. The molecule has 6 atom stereocenters. The van der Waals surface area contributed by atoms with E-state index in [4.69, 9.17) is 49.5 Å². The first kappa shape index (κ1) is 54.2. The summed E-state index contributed by atoms with van der Waals surface area (Å²) in [6, 6.07) is 4.69. The van der Waals surface area contributed by atoms with E-state index in [1.54, 1.807) is 32.9 Å². The minimum atomic E-state index is -2.43. The summed E-state index contributed by atoms with van der Waals surface area (Å²) in [5.74, 6) is -5.24. The van der Waals surface area contributed by atoms with Crippen LogP contribution in [0.25, 0.3) is 0 Å². The van der Waals surface area contributed by atoms with Gasteiger partial charge in [0.15, 0.2) is 0 Å². The van der Waals surface area contributed by atoms with Crippen molar-refractivity contribution in [3.05, 3.63) is 34.9 Å². The SMILES string of the molecule is CC(=O)N[C@H]1[C@H]([C@H](O)[C@H](O)CNC(=O)c2cccc(Cl)c2)O[C@@](OCCCCCCNC(=O)OCCOCCOCCOCCOCCNC(=O)OC(C)(C)C)(C(=O)O)C[C@@H]1O. The third kappa shape index (κ3) is 22.5. The van der Waals surface area contributed by atoms with Crippen LogP contribution in [0.1, 0.15) is 70.2 Å². The predicted octanol–water partition coefficient (Wildman–Crippen LogP) is 1.12. The summed E-state index contributed by atoms with van der Waals surface area (Å²) in [5.41, 5.74) is -0.362. The molecule has 1 aromatic carbocycles. The first-order valence-corrected chi connectivity index (χ1v) is 20.9. The number of unbranched alkanes of at least 4 members (excludes halogenated alkanes) is 3. The highest BCUT2D eigenvalue weighted by molar-refractivity contribution is 6.30. The molecule has 1 aromatic rings. The van der Waals surface area contributed by atoms with Crippen LogP contribution in [-0.4, -0.2) is 178 Å². The summed E-state index contributed by atoms with van der Waals surface area (Å²) in [5, 5.41) is 53.3. The Kier molecular flexibility index (Phi) is 25.8. The van der Waals surface area contributed by atoms with Gasteiger partial charge in [-0.3, -0.25) is 9.59 Å². The summed E-state index contributed by atoms with van der Waals surface area (Å²) in [4.78, 5) is 60.4. The average Bonchev–Trinajstić information content (AvgIpc) is 3.20. The number of halogens is 1. The molecule has 0 radical (unpaired) electrons. The number of ether oxygens (including phenoxy) is 8. The zero-order chi connectivity index (χ0) is 46.0.